The van der Waals surface area contributed by atoms with Gasteiger partial charge >= 0.3 is 0 Å². The summed E-state index contributed by atoms with van der Waals surface area (Å²) < 4.78 is 6.50. The SMILES string of the molecule is Cc1ccc([C@H](CN2CCOCC2)NC(=O)c2cccc(I)c2)cc1. The molecule has 0 saturated carbocycles. The van der Waals surface area contributed by atoms with Crippen molar-refractivity contribution >= 4 is 28.5 Å². The van der Waals surface area contributed by atoms with Crippen LogP contribution in [0.2, 0.25) is 0 Å². The van der Waals surface area contributed by atoms with E-state index in [1.807, 2.05) is 24.3 Å². The van der Waals surface area contributed by atoms with Gasteiger partial charge in [0.15, 0.2) is 0 Å². The highest BCUT2D eigenvalue weighted by atomic mass is 127. The minimum atomic E-state index is -0.0379. The van der Waals surface area contributed by atoms with Crippen LogP contribution in [0.3, 0.4) is 0 Å². The first-order chi connectivity index (χ1) is 12.1. The number of nitrogens with zero attached hydrogens (tertiary/aromatic N) is 1. The molecule has 132 valence electrons. The van der Waals surface area contributed by atoms with Gasteiger partial charge in [-0.1, -0.05) is 35.9 Å². The van der Waals surface area contributed by atoms with Gasteiger partial charge in [-0.15, -0.1) is 0 Å². The molecule has 1 atom stereocenters. The molecule has 0 aliphatic carbocycles. The van der Waals surface area contributed by atoms with Gasteiger partial charge in [0, 0.05) is 28.8 Å². The number of hydrogen-bond acceptors (Lipinski definition) is 3. The van der Waals surface area contributed by atoms with Crippen molar-refractivity contribution in [3.05, 3.63) is 68.8 Å². The number of aryl methyl sites for hydroxylation is 1. The maximum Gasteiger partial charge on any atom is 0.251 e. The molecule has 1 aliphatic rings. The fraction of sp³-hybridized carbons (Fsp3) is 0.350. The van der Waals surface area contributed by atoms with Gasteiger partial charge in [0.05, 0.1) is 19.3 Å². The third kappa shape index (κ3) is 5.26. The standard InChI is InChI=1S/C20H23IN2O2/c1-15-5-7-16(8-6-15)19(14-23-9-11-25-12-10-23)22-20(24)17-3-2-4-18(21)13-17/h2-8,13,19H,9-12,14H2,1H3,(H,22,24)/t19-/m0/s1. The molecule has 25 heavy (non-hydrogen) atoms. The summed E-state index contributed by atoms with van der Waals surface area (Å²) in [6, 6.07) is 16.0. The molecule has 1 amide bonds. The molecule has 0 aromatic heterocycles. The second-order valence-corrected chi connectivity index (χ2v) is 7.61. The van der Waals surface area contributed by atoms with Crippen molar-refractivity contribution < 1.29 is 9.53 Å². The van der Waals surface area contributed by atoms with Crippen molar-refractivity contribution in [1.29, 1.82) is 0 Å². The predicted molar refractivity (Wildman–Crippen MR) is 108 cm³/mol. The van der Waals surface area contributed by atoms with Crippen molar-refractivity contribution in [1.82, 2.24) is 10.2 Å². The Labute approximate surface area is 162 Å². The minimum Gasteiger partial charge on any atom is -0.379 e. The summed E-state index contributed by atoms with van der Waals surface area (Å²) in [6.07, 6.45) is 0. The molecule has 1 saturated heterocycles. The number of carbonyl (C=O) groups excluding carboxylic acids is 1. The molecule has 2 aromatic carbocycles. The number of amides is 1. The molecule has 0 bridgehead atoms. The van der Waals surface area contributed by atoms with E-state index in [0.29, 0.717) is 5.56 Å². The lowest BCUT2D eigenvalue weighted by Crippen LogP contribution is -2.43. The van der Waals surface area contributed by atoms with Crippen LogP contribution >= 0.6 is 22.6 Å². The zero-order valence-electron chi connectivity index (χ0n) is 14.4. The van der Waals surface area contributed by atoms with E-state index in [0.717, 1.165) is 42.0 Å². The lowest BCUT2D eigenvalue weighted by molar-refractivity contribution is 0.0332. The second-order valence-electron chi connectivity index (χ2n) is 6.36. The summed E-state index contributed by atoms with van der Waals surface area (Å²) in [5.74, 6) is -0.0302. The Morgan fingerprint density at radius 1 is 1.20 bits per heavy atom. The Morgan fingerprint density at radius 3 is 2.60 bits per heavy atom. The molecule has 4 nitrogen and oxygen atoms in total. The highest BCUT2D eigenvalue weighted by Crippen LogP contribution is 2.18. The average Bonchev–Trinajstić information content (AvgIpc) is 2.62. The monoisotopic (exact) mass is 450 g/mol. The van der Waals surface area contributed by atoms with E-state index in [9.17, 15) is 4.79 Å². The summed E-state index contributed by atoms with van der Waals surface area (Å²) in [5, 5.41) is 3.22. The summed E-state index contributed by atoms with van der Waals surface area (Å²) in [4.78, 5) is 15.1. The van der Waals surface area contributed by atoms with Gasteiger partial charge < -0.3 is 10.1 Å². The molecule has 1 fully saturated rings. The van der Waals surface area contributed by atoms with Crippen LogP contribution in [0.25, 0.3) is 0 Å². The number of halogens is 1. The van der Waals surface area contributed by atoms with Gasteiger partial charge in [-0.25, -0.2) is 0 Å². The minimum absolute atomic E-state index is 0.0302. The van der Waals surface area contributed by atoms with Gasteiger partial charge in [0.2, 0.25) is 0 Å². The lowest BCUT2D eigenvalue weighted by atomic mass is 10.0. The molecule has 0 radical (unpaired) electrons. The number of rotatable bonds is 5. The first-order valence-electron chi connectivity index (χ1n) is 8.55. The molecule has 2 aromatic rings. The zero-order chi connectivity index (χ0) is 17.6. The number of hydrogen-bond donors (Lipinski definition) is 1. The van der Waals surface area contributed by atoms with E-state index in [-0.39, 0.29) is 11.9 Å². The van der Waals surface area contributed by atoms with Gasteiger partial charge in [-0.05, 0) is 53.3 Å². The van der Waals surface area contributed by atoms with Crippen molar-refractivity contribution in [2.75, 3.05) is 32.8 Å². The summed E-state index contributed by atoms with van der Waals surface area (Å²) in [7, 11) is 0. The Bertz CT molecular complexity index is 712. The second kappa shape index (κ2) is 8.78. The number of morpholine rings is 1. The highest BCUT2D eigenvalue weighted by Gasteiger charge is 2.20. The third-order valence-corrected chi connectivity index (χ3v) is 5.09. The Hall–Kier alpha value is -1.44. The van der Waals surface area contributed by atoms with Crippen molar-refractivity contribution in [2.45, 2.75) is 13.0 Å². The number of nitrogens with one attached hydrogen (secondary N) is 1. The molecule has 5 heteroatoms. The summed E-state index contributed by atoms with van der Waals surface area (Å²) in [6.45, 7) is 6.19. The zero-order valence-corrected chi connectivity index (χ0v) is 16.5. The molecule has 0 unspecified atom stereocenters. The average molecular weight is 450 g/mol. The fourth-order valence-electron chi connectivity index (χ4n) is 2.95. The van der Waals surface area contributed by atoms with Gasteiger partial charge in [-0.2, -0.15) is 0 Å². The maximum atomic E-state index is 12.7. The van der Waals surface area contributed by atoms with E-state index in [4.69, 9.17) is 4.74 Å². The first-order valence-corrected chi connectivity index (χ1v) is 9.63. The van der Waals surface area contributed by atoms with Crippen LogP contribution in [-0.4, -0.2) is 43.7 Å². The normalized spacial score (nSPS) is 16.4. The molecule has 1 aliphatic heterocycles. The van der Waals surface area contributed by atoms with E-state index in [2.05, 4.69) is 64.0 Å². The molecule has 1 N–H and O–H groups in total. The summed E-state index contributed by atoms with van der Waals surface area (Å²) >= 11 is 2.23. The van der Waals surface area contributed by atoms with Crippen LogP contribution in [0.15, 0.2) is 48.5 Å². The highest BCUT2D eigenvalue weighted by molar-refractivity contribution is 14.1. The Kier molecular flexibility index (Phi) is 6.45. The smallest absolute Gasteiger partial charge is 0.251 e. The Balaban J connectivity index is 1.77. The number of ether oxygens (including phenoxy) is 1. The maximum absolute atomic E-state index is 12.7. The molecule has 0 spiro atoms. The molecule has 3 rings (SSSR count). The van der Waals surface area contributed by atoms with Crippen LogP contribution in [0, 0.1) is 10.5 Å². The fourth-order valence-corrected chi connectivity index (χ4v) is 3.49. The van der Waals surface area contributed by atoms with Crippen LogP contribution in [-0.2, 0) is 4.74 Å². The number of benzene rings is 2. The third-order valence-electron chi connectivity index (χ3n) is 4.42. The van der Waals surface area contributed by atoms with Crippen LogP contribution in [0.1, 0.15) is 27.5 Å². The van der Waals surface area contributed by atoms with E-state index >= 15 is 0 Å². The quantitative estimate of drug-likeness (QED) is 0.711. The lowest BCUT2D eigenvalue weighted by Gasteiger charge is -2.31. The van der Waals surface area contributed by atoms with E-state index in [1.54, 1.807) is 0 Å². The van der Waals surface area contributed by atoms with Crippen LogP contribution in [0.5, 0.6) is 0 Å². The number of carbonyl (C=O) groups is 1. The van der Waals surface area contributed by atoms with Gasteiger partial charge in [0.25, 0.3) is 5.91 Å². The summed E-state index contributed by atoms with van der Waals surface area (Å²) in [5.41, 5.74) is 3.06. The molecular formula is C20H23IN2O2. The topological polar surface area (TPSA) is 41.6 Å². The van der Waals surface area contributed by atoms with Crippen molar-refractivity contribution in [3.8, 4) is 0 Å². The van der Waals surface area contributed by atoms with E-state index in [1.165, 1.54) is 5.56 Å². The van der Waals surface area contributed by atoms with Gasteiger partial charge in [-0.3, -0.25) is 9.69 Å². The van der Waals surface area contributed by atoms with E-state index < -0.39 is 0 Å². The Morgan fingerprint density at radius 2 is 1.92 bits per heavy atom. The van der Waals surface area contributed by atoms with Crippen molar-refractivity contribution in [3.63, 3.8) is 0 Å². The van der Waals surface area contributed by atoms with Crippen molar-refractivity contribution in [2.24, 2.45) is 0 Å². The van der Waals surface area contributed by atoms with Gasteiger partial charge in [0.1, 0.15) is 0 Å². The van der Waals surface area contributed by atoms with Crippen LogP contribution in [0.4, 0.5) is 0 Å². The van der Waals surface area contributed by atoms with Crippen LogP contribution < -0.4 is 5.32 Å². The molecular weight excluding hydrogens is 427 g/mol. The first kappa shape index (κ1) is 18.4. The largest absolute Gasteiger partial charge is 0.379 e. The molecule has 1 heterocycles. The predicted octanol–water partition coefficient (Wildman–Crippen LogP) is 3.40.